The van der Waals surface area contributed by atoms with E-state index in [4.69, 9.17) is 0 Å². The zero-order valence-electron chi connectivity index (χ0n) is 20.3. The van der Waals surface area contributed by atoms with Crippen LogP contribution >= 0.6 is 0 Å². The number of carbonyl (C=O) groups excluding carboxylic acids is 3. The summed E-state index contributed by atoms with van der Waals surface area (Å²) >= 11 is 0. The molecule has 34 heavy (non-hydrogen) atoms. The van der Waals surface area contributed by atoms with E-state index in [0.29, 0.717) is 25.1 Å². The summed E-state index contributed by atoms with van der Waals surface area (Å²) in [5.74, 6) is -0.0306. The molecule has 0 saturated carbocycles. The summed E-state index contributed by atoms with van der Waals surface area (Å²) < 4.78 is 0. The number of likely N-dealkylation sites (tertiary alicyclic amines) is 1. The average Bonchev–Trinajstić information content (AvgIpc) is 3.22. The van der Waals surface area contributed by atoms with Gasteiger partial charge in [-0.3, -0.25) is 9.59 Å². The number of urea groups is 1. The number of hydrogen-bond donors (Lipinski definition) is 1. The number of nitrogens with zero attached hydrogens (tertiary/aromatic N) is 3. The van der Waals surface area contributed by atoms with Crippen LogP contribution in [0.3, 0.4) is 0 Å². The van der Waals surface area contributed by atoms with Crippen LogP contribution in [0.2, 0.25) is 0 Å². The molecular weight excluding hydrogens is 428 g/mol. The molecule has 7 heteroatoms. The Morgan fingerprint density at radius 2 is 1.82 bits per heavy atom. The van der Waals surface area contributed by atoms with Gasteiger partial charge < -0.3 is 20.0 Å². The van der Waals surface area contributed by atoms with Gasteiger partial charge in [-0.2, -0.15) is 0 Å². The van der Waals surface area contributed by atoms with E-state index in [1.807, 2.05) is 48.2 Å². The monoisotopic (exact) mass is 462 g/mol. The van der Waals surface area contributed by atoms with Crippen LogP contribution in [-0.2, 0) is 17.8 Å². The Balaban J connectivity index is 1.43. The van der Waals surface area contributed by atoms with Gasteiger partial charge in [-0.15, -0.1) is 0 Å². The van der Waals surface area contributed by atoms with Gasteiger partial charge in [0.2, 0.25) is 5.91 Å². The van der Waals surface area contributed by atoms with Crippen molar-refractivity contribution in [3.8, 4) is 0 Å². The van der Waals surface area contributed by atoms with Crippen molar-refractivity contribution in [1.82, 2.24) is 15.1 Å². The Labute approximate surface area is 201 Å². The molecule has 0 aliphatic carbocycles. The number of likely N-dealkylation sites (N-methyl/N-ethyl adjacent to an activating group) is 1. The molecule has 4 rings (SSSR count). The minimum Gasteiger partial charge on any atom is -0.347 e. The van der Waals surface area contributed by atoms with Crippen molar-refractivity contribution < 1.29 is 14.4 Å². The Hall–Kier alpha value is -3.35. The molecule has 1 saturated heterocycles. The van der Waals surface area contributed by atoms with Gasteiger partial charge in [0, 0.05) is 45.0 Å². The molecule has 4 amide bonds. The third-order valence-corrected chi connectivity index (χ3v) is 6.86. The van der Waals surface area contributed by atoms with Gasteiger partial charge in [-0.05, 0) is 73.9 Å². The Kier molecular flexibility index (Phi) is 7.20. The predicted octanol–water partition coefficient (Wildman–Crippen LogP) is 3.74. The number of fused-ring (bicyclic) bond motifs is 1. The van der Waals surface area contributed by atoms with Crippen molar-refractivity contribution in [1.29, 1.82) is 0 Å². The third kappa shape index (κ3) is 4.93. The van der Waals surface area contributed by atoms with Gasteiger partial charge in [-0.25, -0.2) is 4.79 Å². The summed E-state index contributed by atoms with van der Waals surface area (Å²) in [4.78, 5) is 43.6. The molecule has 0 radical (unpaired) electrons. The lowest BCUT2D eigenvalue weighted by molar-refractivity contribution is -0.132. The van der Waals surface area contributed by atoms with E-state index >= 15 is 0 Å². The standard InChI is InChI=1S/C27H34N4O3/c1-19-17-21(25(32)30-15-7-6-10-20-9-4-5-11-23(20)30)13-14-22(19)18-28-27(34)31-16-8-12-24(31)26(33)29(2)3/h4-5,9,11,13-14,17,24H,6-8,10,12,15-16,18H2,1-3H3,(H,28,34). The first-order valence-corrected chi connectivity index (χ1v) is 12.1. The van der Waals surface area contributed by atoms with Gasteiger partial charge in [-0.1, -0.05) is 24.3 Å². The molecule has 2 aromatic carbocycles. The second-order valence-corrected chi connectivity index (χ2v) is 9.43. The number of rotatable bonds is 4. The Morgan fingerprint density at radius 3 is 2.59 bits per heavy atom. The van der Waals surface area contributed by atoms with Crippen LogP contribution in [0.15, 0.2) is 42.5 Å². The number of hydrogen-bond acceptors (Lipinski definition) is 3. The SMILES string of the molecule is Cc1cc(C(=O)N2CCCCc3ccccc32)ccc1CNC(=O)N1CCCC1C(=O)N(C)C. The van der Waals surface area contributed by atoms with Crippen LogP contribution < -0.4 is 10.2 Å². The molecule has 2 aliphatic rings. The summed E-state index contributed by atoms with van der Waals surface area (Å²) in [5.41, 5.74) is 4.79. The van der Waals surface area contributed by atoms with Crippen LogP contribution in [0, 0.1) is 6.92 Å². The molecule has 7 nitrogen and oxygen atoms in total. The van der Waals surface area contributed by atoms with E-state index in [0.717, 1.165) is 49.0 Å². The van der Waals surface area contributed by atoms with E-state index in [1.165, 1.54) is 5.56 Å². The molecule has 1 atom stereocenters. The van der Waals surface area contributed by atoms with Crippen molar-refractivity contribution in [2.24, 2.45) is 0 Å². The number of aryl methyl sites for hydroxylation is 2. The second kappa shape index (κ2) is 10.3. The first kappa shape index (κ1) is 23.8. The smallest absolute Gasteiger partial charge is 0.318 e. The molecule has 1 unspecified atom stereocenters. The zero-order valence-corrected chi connectivity index (χ0v) is 20.3. The van der Waals surface area contributed by atoms with Gasteiger partial charge >= 0.3 is 6.03 Å². The molecule has 2 heterocycles. The lowest BCUT2D eigenvalue weighted by atomic mass is 10.0. The van der Waals surface area contributed by atoms with E-state index in [1.54, 1.807) is 23.9 Å². The van der Waals surface area contributed by atoms with Crippen LogP contribution in [0.5, 0.6) is 0 Å². The minimum absolute atomic E-state index is 0.00939. The molecule has 0 aromatic heterocycles. The van der Waals surface area contributed by atoms with Crippen molar-refractivity contribution >= 4 is 23.5 Å². The summed E-state index contributed by atoms with van der Waals surface area (Å²) in [6, 6.07) is 13.2. The van der Waals surface area contributed by atoms with E-state index < -0.39 is 6.04 Å². The topological polar surface area (TPSA) is 73.0 Å². The van der Waals surface area contributed by atoms with Crippen molar-refractivity contribution in [2.75, 3.05) is 32.1 Å². The number of anilines is 1. The number of benzene rings is 2. The number of nitrogens with one attached hydrogen (secondary N) is 1. The van der Waals surface area contributed by atoms with Gasteiger partial charge in [0.15, 0.2) is 0 Å². The minimum atomic E-state index is -0.396. The Bertz CT molecular complexity index is 1080. The van der Waals surface area contributed by atoms with Crippen LogP contribution in [0.4, 0.5) is 10.5 Å². The fourth-order valence-corrected chi connectivity index (χ4v) is 4.92. The van der Waals surface area contributed by atoms with Crippen LogP contribution in [-0.4, -0.2) is 60.9 Å². The van der Waals surface area contributed by atoms with Gasteiger partial charge in [0.05, 0.1) is 0 Å². The lowest BCUT2D eigenvalue weighted by Crippen LogP contribution is -2.49. The fourth-order valence-electron chi connectivity index (χ4n) is 4.92. The highest BCUT2D eigenvalue weighted by molar-refractivity contribution is 6.06. The molecule has 1 fully saturated rings. The largest absolute Gasteiger partial charge is 0.347 e. The average molecular weight is 463 g/mol. The summed E-state index contributed by atoms with van der Waals surface area (Å²) in [6.07, 6.45) is 4.58. The van der Waals surface area contributed by atoms with E-state index in [2.05, 4.69) is 11.4 Å². The van der Waals surface area contributed by atoms with Crippen LogP contribution in [0.1, 0.15) is 52.7 Å². The first-order valence-electron chi connectivity index (χ1n) is 12.1. The molecule has 1 N–H and O–H groups in total. The highest BCUT2D eigenvalue weighted by atomic mass is 16.2. The normalized spacial score (nSPS) is 17.7. The molecular formula is C27H34N4O3. The van der Waals surface area contributed by atoms with E-state index in [-0.39, 0.29) is 17.8 Å². The van der Waals surface area contributed by atoms with Crippen LogP contribution in [0.25, 0.3) is 0 Å². The maximum absolute atomic E-state index is 13.4. The maximum atomic E-state index is 13.4. The zero-order chi connectivity index (χ0) is 24.2. The summed E-state index contributed by atoms with van der Waals surface area (Å²) in [6.45, 7) is 3.61. The molecule has 2 aromatic rings. The van der Waals surface area contributed by atoms with Crippen molar-refractivity contribution in [3.63, 3.8) is 0 Å². The number of para-hydroxylation sites is 1. The molecule has 2 aliphatic heterocycles. The van der Waals surface area contributed by atoms with Gasteiger partial charge in [0.1, 0.15) is 6.04 Å². The molecule has 0 spiro atoms. The maximum Gasteiger partial charge on any atom is 0.318 e. The lowest BCUT2D eigenvalue weighted by Gasteiger charge is -2.26. The first-order chi connectivity index (χ1) is 16.4. The van der Waals surface area contributed by atoms with Crippen molar-refractivity contribution in [3.05, 3.63) is 64.7 Å². The Morgan fingerprint density at radius 1 is 1.03 bits per heavy atom. The highest BCUT2D eigenvalue weighted by Crippen LogP contribution is 2.28. The quantitative estimate of drug-likeness (QED) is 0.752. The highest BCUT2D eigenvalue weighted by Gasteiger charge is 2.34. The van der Waals surface area contributed by atoms with Crippen molar-refractivity contribution in [2.45, 2.75) is 51.6 Å². The molecule has 180 valence electrons. The predicted molar refractivity (Wildman–Crippen MR) is 133 cm³/mol. The van der Waals surface area contributed by atoms with Gasteiger partial charge in [0.25, 0.3) is 5.91 Å². The number of amides is 4. The van der Waals surface area contributed by atoms with E-state index in [9.17, 15) is 14.4 Å². The summed E-state index contributed by atoms with van der Waals surface area (Å²) in [5, 5.41) is 2.96. The molecule has 0 bridgehead atoms. The number of carbonyl (C=O) groups is 3. The second-order valence-electron chi connectivity index (χ2n) is 9.43. The third-order valence-electron chi connectivity index (χ3n) is 6.86. The fraction of sp³-hybridized carbons (Fsp3) is 0.444. The summed E-state index contributed by atoms with van der Waals surface area (Å²) in [7, 11) is 3.43.